The number of aliphatic imine (C=N–C) groups is 1. The van der Waals surface area contributed by atoms with Gasteiger partial charge in [0.2, 0.25) is 5.91 Å². The molecule has 3 amide bonds. The molecule has 17 heteroatoms. The Bertz CT molecular complexity index is 1180. The Kier molecular flexibility index (Phi) is 8.41. The van der Waals surface area contributed by atoms with Crippen molar-refractivity contribution in [3.63, 3.8) is 0 Å². The molecule has 16 nitrogen and oxygen atoms in total. The van der Waals surface area contributed by atoms with E-state index in [0.717, 1.165) is 0 Å². The molecule has 0 saturated carbocycles. The summed E-state index contributed by atoms with van der Waals surface area (Å²) in [6, 6.07) is -2.53. The normalized spacial score (nSPS) is 19.6. The van der Waals surface area contributed by atoms with Gasteiger partial charge in [0.05, 0.1) is 18.4 Å². The number of fused-ring (bicyclic) bond motifs is 4. The number of nitrogens with zero attached hydrogens (tertiary/aromatic N) is 5. The Labute approximate surface area is 213 Å². The van der Waals surface area contributed by atoms with Crippen LogP contribution in [0.3, 0.4) is 0 Å². The van der Waals surface area contributed by atoms with Crippen molar-refractivity contribution in [2.75, 3.05) is 26.7 Å². The van der Waals surface area contributed by atoms with Gasteiger partial charge in [0, 0.05) is 32.6 Å². The number of esters is 1. The summed E-state index contributed by atoms with van der Waals surface area (Å²) in [5.74, 6) is -0.671. The summed E-state index contributed by atoms with van der Waals surface area (Å²) in [6.45, 7) is 5.18. The highest BCUT2D eigenvalue weighted by Gasteiger charge is 2.53. The topological polar surface area (TPSA) is 194 Å². The second-order valence-corrected chi connectivity index (χ2v) is 10.3. The average molecular weight is 546 g/mol. The van der Waals surface area contributed by atoms with Crippen molar-refractivity contribution in [2.45, 2.75) is 51.3 Å². The minimum atomic E-state index is -4.95. The number of ether oxygens (including phenoxy) is 1. The molecule has 37 heavy (non-hydrogen) atoms. The second kappa shape index (κ2) is 11.0. The third kappa shape index (κ3) is 6.94. The summed E-state index contributed by atoms with van der Waals surface area (Å²) < 4.78 is 42.9. The van der Waals surface area contributed by atoms with Crippen molar-refractivity contribution >= 4 is 34.1 Å². The molecule has 3 heterocycles. The van der Waals surface area contributed by atoms with Gasteiger partial charge in [-0.05, 0) is 27.2 Å². The molecule has 1 fully saturated rings. The predicted molar refractivity (Wildman–Crippen MR) is 126 cm³/mol. The number of amidine groups is 1. The fraction of sp³-hybridized carbons (Fsp3) is 0.650. The van der Waals surface area contributed by atoms with Gasteiger partial charge in [0.15, 0.2) is 6.61 Å². The van der Waals surface area contributed by atoms with Gasteiger partial charge in [0.1, 0.15) is 23.5 Å². The Morgan fingerprint density at radius 1 is 1.32 bits per heavy atom. The number of hydrogen-bond donors (Lipinski definition) is 3. The SMILES string of the molecule is CN=C(NOCC(=O)NCCCC(=O)OC(C)(C)C)[C@@H]1c2c(cnn2C)[C@@H]2CN1C(=O)N2OS(=O)(=O)O. The molecule has 0 radical (unpaired) electrons. The number of carbonyl (C=O) groups is 3. The molecule has 1 saturated heterocycles. The van der Waals surface area contributed by atoms with Crippen LogP contribution in [0.25, 0.3) is 0 Å². The molecule has 0 aromatic carbocycles. The summed E-state index contributed by atoms with van der Waals surface area (Å²) in [7, 11) is -1.88. The van der Waals surface area contributed by atoms with Crippen molar-refractivity contribution < 1.29 is 41.2 Å². The van der Waals surface area contributed by atoms with Crippen LogP contribution in [0.15, 0.2) is 11.2 Å². The van der Waals surface area contributed by atoms with Gasteiger partial charge in [-0.25, -0.2) is 4.79 Å². The fourth-order valence-electron chi connectivity index (χ4n) is 4.01. The van der Waals surface area contributed by atoms with E-state index in [9.17, 15) is 22.8 Å². The first-order chi connectivity index (χ1) is 17.2. The Morgan fingerprint density at radius 3 is 2.65 bits per heavy atom. The number of carbonyl (C=O) groups excluding carboxylic acids is 3. The molecule has 206 valence electrons. The van der Waals surface area contributed by atoms with Crippen LogP contribution < -0.4 is 10.8 Å². The van der Waals surface area contributed by atoms with E-state index >= 15 is 0 Å². The van der Waals surface area contributed by atoms with Crippen molar-refractivity contribution in [3.05, 3.63) is 17.5 Å². The van der Waals surface area contributed by atoms with Crippen LogP contribution in [0.1, 0.15) is 57.0 Å². The first kappa shape index (κ1) is 28.3. The van der Waals surface area contributed by atoms with Gasteiger partial charge in [-0.2, -0.15) is 18.6 Å². The lowest BCUT2D eigenvalue weighted by Gasteiger charge is -2.31. The van der Waals surface area contributed by atoms with Gasteiger partial charge < -0.3 is 15.0 Å². The molecule has 3 N–H and O–H groups in total. The number of rotatable bonds is 10. The Balaban J connectivity index is 1.58. The number of urea groups is 1. The standard InChI is InChI=1S/C20H31N7O9S/c1-20(2,3)35-15(29)7-6-8-22-14(28)11-34-24-18(21-4)17-16-12(9-23-25(16)5)13-10-26(17)19(30)27(13)36-37(31,32)33/h9,13,17H,6-8,10-11H2,1-5H3,(H,21,24)(H,22,28)(H,31,32,33)/t13-,17-/m0/s1. The quantitative estimate of drug-likeness (QED) is 0.0878. The first-order valence-corrected chi connectivity index (χ1v) is 12.7. The van der Waals surface area contributed by atoms with E-state index in [4.69, 9.17) is 14.1 Å². The van der Waals surface area contributed by atoms with E-state index in [0.29, 0.717) is 22.7 Å². The van der Waals surface area contributed by atoms with E-state index in [-0.39, 0.29) is 31.3 Å². The molecule has 3 rings (SSSR count). The van der Waals surface area contributed by atoms with Crippen LogP contribution in [-0.4, -0.2) is 88.8 Å². The van der Waals surface area contributed by atoms with Gasteiger partial charge in [-0.1, -0.05) is 0 Å². The third-order valence-electron chi connectivity index (χ3n) is 5.39. The van der Waals surface area contributed by atoms with Crippen LogP contribution >= 0.6 is 0 Å². The number of hydroxylamine groups is 3. The molecule has 1 aromatic heterocycles. The lowest BCUT2D eigenvalue weighted by atomic mass is 9.97. The van der Waals surface area contributed by atoms with E-state index in [1.807, 2.05) is 0 Å². The largest absolute Gasteiger partial charge is 0.460 e. The minimum absolute atomic E-state index is 0.0244. The van der Waals surface area contributed by atoms with Crippen LogP contribution in [-0.2, 0) is 40.9 Å². The van der Waals surface area contributed by atoms with Crippen molar-refractivity contribution in [2.24, 2.45) is 12.0 Å². The zero-order valence-electron chi connectivity index (χ0n) is 21.1. The van der Waals surface area contributed by atoms with Crippen LogP contribution in [0, 0.1) is 0 Å². The number of aryl methyl sites for hydroxylation is 1. The monoisotopic (exact) mass is 545 g/mol. The summed E-state index contributed by atoms with van der Waals surface area (Å²) in [5.41, 5.74) is 3.01. The molecule has 0 unspecified atom stereocenters. The number of amides is 3. The highest BCUT2D eigenvalue weighted by atomic mass is 32.3. The van der Waals surface area contributed by atoms with Crippen molar-refractivity contribution in [1.82, 2.24) is 30.5 Å². The number of nitrogens with one attached hydrogen (secondary N) is 2. The number of hydrogen-bond acceptors (Lipinski definition) is 10. The fourth-order valence-corrected chi connectivity index (χ4v) is 4.38. The maximum absolute atomic E-state index is 12.9. The van der Waals surface area contributed by atoms with Gasteiger partial charge >= 0.3 is 22.4 Å². The van der Waals surface area contributed by atoms with Crippen LogP contribution in [0.4, 0.5) is 4.79 Å². The van der Waals surface area contributed by atoms with Crippen molar-refractivity contribution in [3.8, 4) is 0 Å². The van der Waals surface area contributed by atoms with E-state index in [1.165, 1.54) is 22.8 Å². The smallest absolute Gasteiger partial charge is 0.418 e. The van der Waals surface area contributed by atoms with E-state index < -0.39 is 46.6 Å². The molecule has 0 spiro atoms. The second-order valence-electron chi connectivity index (χ2n) is 9.33. The molecule has 1 aromatic rings. The molecule has 2 bridgehead atoms. The zero-order chi connectivity index (χ0) is 27.5. The highest BCUT2D eigenvalue weighted by Crippen LogP contribution is 2.44. The lowest BCUT2D eigenvalue weighted by molar-refractivity contribution is -0.155. The van der Waals surface area contributed by atoms with Crippen LogP contribution in [0.5, 0.6) is 0 Å². The zero-order valence-corrected chi connectivity index (χ0v) is 21.9. The van der Waals surface area contributed by atoms with Crippen LogP contribution in [0.2, 0.25) is 0 Å². The predicted octanol–water partition coefficient (Wildman–Crippen LogP) is -0.224. The maximum Gasteiger partial charge on any atom is 0.418 e. The highest BCUT2D eigenvalue weighted by molar-refractivity contribution is 7.80. The molecule has 2 aliphatic rings. The van der Waals surface area contributed by atoms with Gasteiger partial charge in [-0.15, -0.1) is 4.28 Å². The van der Waals surface area contributed by atoms with Gasteiger partial charge in [0.25, 0.3) is 0 Å². The van der Waals surface area contributed by atoms with E-state index in [1.54, 1.807) is 27.8 Å². The average Bonchev–Trinajstić information content (AvgIpc) is 3.28. The molecule has 0 aliphatic carbocycles. The molecular formula is C20H31N7O9S. The molecule has 2 atom stereocenters. The summed E-state index contributed by atoms with van der Waals surface area (Å²) >= 11 is 0. The van der Waals surface area contributed by atoms with E-state index in [2.05, 4.69) is 25.2 Å². The Hall–Kier alpha value is -3.28. The molecular weight excluding hydrogens is 514 g/mol. The first-order valence-electron chi connectivity index (χ1n) is 11.3. The minimum Gasteiger partial charge on any atom is -0.460 e. The summed E-state index contributed by atoms with van der Waals surface area (Å²) in [6.07, 6.45) is 2.00. The van der Waals surface area contributed by atoms with Gasteiger partial charge in [-0.3, -0.25) is 34.1 Å². The third-order valence-corrected chi connectivity index (χ3v) is 5.73. The maximum atomic E-state index is 12.9. The van der Waals surface area contributed by atoms with Crippen molar-refractivity contribution in [1.29, 1.82) is 0 Å². The lowest BCUT2D eigenvalue weighted by Crippen LogP contribution is -2.45. The number of aromatic nitrogens is 2. The molecule has 2 aliphatic heterocycles. The summed E-state index contributed by atoms with van der Waals surface area (Å²) in [5, 5.41) is 7.37. The Morgan fingerprint density at radius 2 is 2.03 bits per heavy atom. The summed E-state index contributed by atoms with van der Waals surface area (Å²) in [4.78, 5) is 47.5.